The van der Waals surface area contributed by atoms with Crippen molar-refractivity contribution < 1.29 is 25.1 Å². The molecule has 2 rings (SSSR count). The standard InChI is InChI=1S/C11H20N2O5/c14-10(12-6-2-1-3-7-12)13-8-4-11(17-15,18-16)5-9-13/h15-16H,1-9H2. The summed E-state index contributed by atoms with van der Waals surface area (Å²) in [5.41, 5.74) is 0. The van der Waals surface area contributed by atoms with Gasteiger partial charge in [-0.2, -0.15) is 0 Å². The van der Waals surface area contributed by atoms with Gasteiger partial charge in [0.25, 0.3) is 0 Å². The maximum Gasteiger partial charge on any atom is 0.320 e. The van der Waals surface area contributed by atoms with Crippen LogP contribution >= 0.6 is 0 Å². The second kappa shape index (κ2) is 5.83. The van der Waals surface area contributed by atoms with Gasteiger partial charge in [-0.1, -0.05) is 0 Å². The van der Waals surface area contributed by atoms with Crippen LogP contribution < -0.4 is 0 Å². The molecule has 2 aliphatic heterocycles. The molecule has 0 aromatic rings. The Morgan fingerprint density at radius 1 is 0.889 bits per heavy atom. The lowest BCUT2D eigenvalue weighted by Gasteiger charge is -2.39. The molecule has 2 amide bonds. The largest absolute Gasteiger partial charge is 0.325 e. The zero-order valence-electron chi connectivity index (χ0n) is 10.4. The zero-order valence-corrected chi connectivity index (χ0v) is 10.4. The molecular formula is C11H20N2O5. The van der Waals surface area contributed by atoms with E-state index in [0.29, 0.717) is 13.1 Å². The molecule has 7 nitrogen and oxygen atoms in total. The van der Waals surface area contributed by atoms with Crippen molar-refractivity contribution in [3.8, 4) is 0 Å². The minimum absolute atomic E-state index is 0.0270. The predicted molar refractivity (Wildman–Crippen MR) is 61.8 cm³/mol. The van der Waals surface area contributed by atoms with E-state index in [2.05, 4.69) is 9.78 Å². The molecular weight excluding hydrogens is 240 g/mol. The first-order chi connectivity index (χ1) is 8.71. The van der Waals surface area contributed by atoms with Gasteiger partial charge in [-0.05, 0) is 19.3 Å². The van der Waals surface area contributed by atoms with Crippen LogP contribution in [0.5, 0.6) is 0 Å². The maximum atomic E-state index is 12.2. The summed E-state index contributed by atoms with van der Waals surface area (Å²) in [5.74, 6) is -1.38. The summed E-state index contributed by atoms with van der Waals surface area (Å²) >= 11 is 0. The Hall–Kier alpha value is -0.890. The number of hydrogen-bond acceptors (Lipinski definition) is 5. The van der Waals surface area contributed by atoms with Gasteiger partial charge in [0.1, 0.15) is 0 Å². The Kier molecular flexibility index (Phi) is 4.39. The van der Waals surface area contributed by atoms with E-state index < -0.39 is 5.79 Å². The lowest BCUT2D eigenvalue weighted by Crippen LogP contribution is -2.53. The molecule has 7 heteroatoms. The number of nitrogens with zero attached hydrogens (tertiary/aromatic N) is 2. The molecule has 0 unspecified atom stereocenters. The molecule has 2 aliphatic rings. The first-order valence-electron chi connectivity index (χ1n) is 6.40. The van der Waals surface area contributed by atoms with Crippen LogP contribution in [0.2, 0.25) is 0 Å². The summed E-state index contributed by atoms with van der Waals surface area (Å²) in [6.45, 7) is 2.42. The van der Waals surface area contributed by atoms with E-state index in [1.807, 2.05) is 4.90 Å². The van der Waals surface area contributed by atoms with Crippen LogP contribution in [0.25, 0.3) is 0 Å². The Labute approximate surface area is 106 Å². The lowest BCUT2D eigenvalue weighted by molar-refractivity contribution is -0.492. The lowest BCUT2D eigenvalue weighted by atomic mass is 10.0. The quantitative estimate of drug-likeness (QED) is 0.445. The van der Waals surface area contributed by atoms with Gasteiger partial charge >= 0.3 is 6.03 Å². The molecule has 2 fully saturated rings. The fraction of sp³-hybridized carbons (Fsp3) is 0.909. The fourth-order valence-electron chi connectivity index (χ4n) is 2.52. The van der Waals surface area contributed by atoms with Gasteiger partial charge in [0.05, 0.1) is 0 Å². The van der Waals surface area contributed by atoms with Crippen LogP contribution in [0, 0.1) is 0 Å². The summed E-state index contributed by atoms with van der Waals surface area (Å²) in [6, 6.07) is 0.0270. The summed E-state index contributed by atoms with van der Waals surface area (Å²) < 4.78 is 0. The van der Waals surface area contributed by atoms with E-state index in [-0.39, 0.29) is 18.9 Å². The minimum atomic E-state index is -1.38. The number of urea groups is 1. The molecule has 2 heterocycles. The van der Waals surface area contributed by atoms with Crippen LogP contribution in [0.15, 0.2) is 0 Å². The van der Waals surface area contributed by atoms with E-state index in [1.165, 1.54) is 6.42 Å². The van der Waals surface area contributed by atoms with Crippen molar-refractivity contribution in [1.82, 2.24) is 9.80 Å². The molecule has 0 radical (unpaired) electrons. The summed E-state index contributed by atoms with van der Waals surface area (Å²) in [7, 11) is 0. The average molecular weight is 260 g/mol. The number of likely N-dealkylation sites (tertiary alicyclic amines) is 2. The van der Waals surface area contributed by atoms with Crippen LogP contribution in [0.4, 0.5) is 4.79 Å². The summed E-state index contributed by atoms with van der Waals surface area (Å²) in [6.07, 6.45) is 3.80. The molecule has 2 N–H and O–H groups in total. The van der Waals surface area contributed by atoms with Crippen molar-refractivity contribution in [2.24, 2.45) is 0 Å². The highest BCUT2D eigenvalue weighted by Gasteiger charge is 2.40. The highest BCUT2D eigenvalue weighted by atomic mass is 17.2. The van der Waals surface area contributed by atoms with E-state index in [4.69, 9.17) is 10.5 Å². The second-order valence-corrected chi connectivity index (χ2v) is 4.91. The molecule has 0 saturated carbocycles. The second-order valence-electron chi connectivity index (χ2n) is 4.91. The minimum Gasteiger partial charge on any atom is -0.325 e. The highest BCUT2D eigenvalue weighted by molar-refractivity contribution is 5.74. The van der Waals surface area contributed by atoms with Gasteiger partial charge in [0.15, 0.2) is 0 Å². The number of hydrogen-bond donors (Lipinski definition) is 2. The van der Waals surface area contributed by atoms with Crippen molar-refractivity contribution in [3.63, 3.8) is 0 Å². The number of piperidine rings is 2. The SMILES string of the molecule is O=C(N1CCCCC1)N1CCC(OO)(OO)CC1. The topological polar surface area (TPSA) is 82.5 Å². The monoisotopic (exact) mass is 260 g/mol. The number of carbonyl (C=O) groups excluding carboxylic acids is 1. The van der Waals surface area contributed by atoms with Gasteiger partial charge < -0.3 is 9.80 Å². The zero-order chi connectivity index (χ0) is 13.0. The smallest absolute Gasteiger partial charge is 0.320 e. The summed E-state index contributed by atoms with van der Waals surface area (Å²) in [5, 5.41) is 17.4. The number of rotatable bonds is 2. The van der Waals surface area contributed by atoms with Crippen LogP contribution in [-0.4, -0.2) is 58.3 Å². The van der Waals surface area contributed by atoms with Crippen molar-refractivity contribution in [3.05, 3.63) is 0 Å². The molecule has 0 aromatic carbocycles. The Balaban J connectivity index is 1.87. The normalized spacial score (nSPS) is 24.1. The van der Waals surface area contributed by atoms with Crippen molar-refractivity contribution >= 4 is 6.03 Å². The first-order valence-corrected chi connectivity index (χ1v) is 6.40. The van der Waals surface area contributed by atoms with E-state index >= 15 is 0 Å². The summed E-state index contributed by atoms with van der Waals surface area (Å²) in [4.78, 5) is 24.1. The molecule has 0 aliphatic carbocycles. The van der Waals surface area contributed by atoms with Gasteiger partial charge in [0, 0.05) is 39.0 Å². The molecule has 104 valence electrons. The third-order valence-corrected chi connectivity index (χ3v) is 3.76. The third-order valence-electron chi connectivity index (χ3n) is 3.76. The first kappa shape index (κ1) is 13.5. The highest BCUT2D eigenvalue weighted by Crippen LogP contribution is 2.27. The Morgan fingerprint density at radius 3 is 1.89 bits per heavy atom. The van der Waals surface area contributed by atoms with Gasteiger partial charge in [-0.15, -0.1) is 0 Å². The third kappa shape index (κ3) is 2.74. The number of amides is 2. The fourth-order valence-corrected chi connectivity index (χ4v) is 2.52. The molecule has 18 heavy (non-hydrogen) atoms. The van der Waals surface area contributed by atoms with Crippen LogP contribution in [0.1, 0.15) is 32.1 Å². The predicted octanol–water partition coefficient (Wildman–Crippen LogP) is 1.36. The maximum absolute atomic E-state index is 12.2. The average Bonchev–Trinajstić information content (AvgIpc) is 2.47. The molecule has 0 atom stereocenters. The van der Waals surface area contributed by atoms with Gasteiger partial charge in [-0.25, -0.2) is 25.1 Å². The van der Waals surface area contributed by atoms with Crippen molar-refractivity contribution in [2.75, 3.05) is 26.2 Å². The van der Waals surface area contributed by atoms with Gasteiger partial charge in [-0.3, -0.25) is 0 Å². The van der Waals surface area contributed by atoms with Gasteiger partial charge in [0.2, 0.25) is 5.79 Å². The Morgan fingerprint density at radius 2 is 1.39 bits per heavy atom. The van der Waals surface area contributed by atoms with Crippen LogP contribution in [-0.2, 0) is 9.78 Å². The van der Waals surface area contributed by atoms with Crippen molar-refractivity contribution in [2.45, 2.75) is 37.9 Å². The molecule has 0 spiro atoms. The molecule has 0 bridgehead atoms. The number of carbonyl (C=O) groups is 1. The molecule has 0 aromatic heterocycles. The van der Waals surface area contributed by atoms with E-state index in [0.717, 1.165) is 25.9 Å². The Bertz CT molecular complexity index is 279. The van der Waals surface area contributed by atoms with Crippen LogP contribution in [0.3, 0.4) is 0 Å². The molecule has 2 saturated heterocycles. The van der Waals surface area contributed by atoms with E-state index in [9.17, 15) is 4.79 Å². The van der Waals surface area contributed by atoms with Crippen molar-refractivity contribution in [1.29, 1.82) is 0 Å². The van der Waals surface area contributed by atoms with E-state index in [1.54, 1.807) is 4.90 Å².